The average molecular weight is 346 g/mol. The second kappa shape index (κ2) is 8.66. The second-order valence-electron chi connectivity index (χ2n) is 5.30. The first-order chi connectivity index (χ1) is 11.2. The Balaban J connectivity index is 0.00000208. The Morgan fingerprint density at radius 3 is 2.25 bits per heavy atom. The largest absolute Gasteiger partial charge is 1.00 e. The monoisotopic (exact) mass is 345 g/mol. The van der Waals surface area contributed by atoms with Crippen LogP contribution in [0, 0.1) is 6.92 Å². The molecule has 0 saturated carbocycles. The van der Waals surface area contributed by atoms with E-state index < -0.39 is 0 Å². The van der Waals surface area contributed by atoms with Crippen LogP contribution in [-0.4, -0.2) is 5.52 Å². The molecule has 0 spiro atoms. The van der Waals surface area contributed by atoms with Crippen molar-refractivity contribution in [1.29, 1.82) is 0 Å². The van der Waals surface area contributed by atoms with Crippen molar-refractivity contribution in [2.75, 3.05) is 0 Å². The van der Waals surface area contributed by atoms with E-state index in [2.05, 4.69) is 18.2 Å². The fourth-order valence-electron chi connectivity index (χ4n) is 2.57. The van der Waals surface area contributed by atoms with Gasteiger partial charge in [-0.1, -0.05) is 78.3 Å². The summed E-state index contributed by atoms with van der Waals surface area (Å²) in [5, 5.41) is 1.57. The molecule has 114 valence electrons. The van der Waals surface area contributed by atoms with E-state index in [9.17, 15) is 4.79 Å². The normalized spacial score (nSPS) is 10.6. The molecule has 1 unspecified atom stereocenters. The maximum atomic E-state index is 12.8. The molecule has 0 heterocycles. The summed E-state index contributed by atoms with van der Waals surface area (Å²) >= 11 is 6.23. The molecule has 0 aliphatic heterocycles. The summed E-state index contributed by atoms with van der Waals surface area (Å²) < 4.78 is 0. The van der Waals surface area contributed by atoms with Gasteiger partial charge in [0.2, 0.25) is 0 Å². The van der Waals surface area contributed by atoms with Gasteiger partial charge < -0.3 is 0 Å². The molecule has 0 aliphatic rings. The molecule has 3 rings (SSSR count). The predicted octanol–water partition coefficient (Wildman–Crippen LogP) is 2.46. The zero-order valence-corrected chi connectivity index (χ0v) is 15.5. The molecule has 1 nitrogen and oxygen atoms in total. The Morgan fingerprint density at radius 1 is 0.875 bits per heavy atom. The first kappa shape index (κ1) is 19.0. The summed E-state index contributed by atoms with van der Waals surface area (Å²) in [6.45, 7) is 1.92. The fourth-order valence-corrected chi connectivity index (χ4v) is 4.20. The molecule has 0 fully saturated rings. The minimum Gasteiger partial charge on any atom is -0.289 e. The standard InChI is InChI=1S/C20H16ClOP.Li/c1-14-8-7-12-17(21)19(14)20(22)23-18-13-6-5-11-16(18)15-9-3-2-4-10-15;/h2-13,23H,1H3;/q;+1. The third-order valence-corrected chi connectivity index (χ3v) is 5.21. The Kier molecular flexibility index (Phi) is 6.85. The molecule has 3 aromatic carbocycles. The van der Waals surface area contributed by atoms with E-state index in [-0.39, 0.29) is 33.0 Å². The number of carbonyl (C=O) groups excluding carboxylic acids is 1. The first-order valence-electron chi connectivity index (χ1n) is 7.38. The van der Waals surface area contributed by atoms with Gasteiger partial charge in [-0.2, -0.15) is 0 Å². The number of aryl methyl sites for hydroxylation is 1. The van der Waals surface area contributed by atoms with Gasteiger partial charge in [-0.15, -0.1) is 0 Å². The number of hydrogen-bond donors (Lipinski definition) is 0. The van der Waals surface area contributed by atoms with E-state index in [0.29, 0.717) is 10.6 Å². The zero-order chi connectivity index (χ0) is 16.2. The number of rotatable bonds is 4. The zero-order valence-electron chi connectivity index (χ0n) is 13.7. The van der Waals surface area contributed by atoms with Crippen molar-refractivity contribution in [3.05, 3.63) is 88.9 Å². The van der Waals surface area contributed by atoms with Crippen molar-refractivity contribution < 1.29 is 23.7 Å². The van der Waals surface area contributed by atoms with Crippen LogP contribution in [-0.2, 0) is 0 Å². The van der Waals surface area contributed by atoms with Crippen LogP contribution < -0.4 is 24.2 Å². The quantitative estimate of drug-likeness (QED) is 0.524. The molecule has 4 heteroatoms. The third kappa shape index (κ3) is 4.18. The van der Waals surface area contributed by atoms with Crippen LogP contribution in [0.2, 0.25) is 5.02 Å². The van der Waals surface area contributed by atoms with Gasteiger partial charge in [-0.25, -0.2) is 0 Å². The topological polar surface area (TPSA) is 17.1 Å². The van der Waals surface area contributed by atoms with Crippen LogP contribution in [0.3, 0.4) is 0 Å². The number of benzene rings is 3. The maximum Gasteiger partial charge on any atom is 1.00 e. The van der Waals surface area contributed by atoms with Crippen LogP contribution in [0.1, 0.15) is 15.9 Å². The molecule has 0 saturated heterocycles. The fraction of sp³-hybridized carbons (Fsp3) is 0.0500. The summed E-state index contributed by atoms with van der Waals surface area (Å²) in [6.07, 6.45) is 0. The van der Waals surface area contributed by atoms with E-state index in [4.69, 9.17) is 11.6 Å². The molecule has 0 aromatic heterocycles. The molecule has 0 N–H and O–H groups in total. The molecular formula is C20H16ClLiOP+. The van der Waals surface area contributed by atoms with Crippen LogP contribution in [0.4, 0.5) is 0 Å². The van der Waals surface area contributed by atoms with E-state index >= 15 is 0 Å². The molecule has 3 aromatic rings. The molecule has 0 bridgehead atoms. The summed E-state index contributed by atoms with van der Waals surface area (Å²) in [4.78, 5) is 12.8. The van der Waals surface area contributed by atoms with Crippen molar-refractivity contribution in [2.24, 2.45) is 0 Å². The minimum atomic E-state index is 0. The average Bonchev–Trinajstić information content (AvgIpc) is 2.56. The smallest absolute Gasteiger partial charge is 0.289 e. The van der Waals surface area contributed by atoms with Crippen molar-refractivity contribution in [3.8, 4) is 11.1 Å². The molecule has 24 heavy (non-hydrogen) atoms. The Morgan fingerprint density at radius 2 is 1.54 bits per heavy atom. The Bertz CT molecular complexity index is 829. The maximum absolute atomic E-state index is 12.8. The summed E-state index contributed by atoms with van der Waals surface area (Å²) in [7, 11) is 0.0495. The minimum absolute atomic E-state index is 0. The van der Waals surface area contributed by atoms with Crippen molar-refractivity contribution in [3.63, 3.8) is 0 Å². The van der Waals surface area contributed by atoms with E-state index in [0.717, 1.165) is 22.0 Å². The van der Waals surface area contributed by atoms with Gasteiger partial charge in [0.1, 0.15) is 0 Å². The predicted molar refractivity (Wildman–Crippen MR) is 100 cm³/mol. The third-order valence-electron chi connectivity index (χ3n) is 3.71. The summed E-state index contributed by atoms with van der Waals surface area (Å²) in [5.41, 5.74) is 3.86. The molecule has 0 amide bonds. The molecule has 1 atom stereocenters. The Hall–Kier alpha value is -1.35. The Labute approximate surface area is 161 Å². The summed E-state index contributed by atoms with van der Waals surface area (Å²) in [5.74, 6) is 0. The van der Waals surface area contributed by atoms with Crippen molar-refractivity contribution in [1.82, 2.24) is 0 Å². The van der Waals surface area contributed by atoms with Crippen molar-refractivity contribution in [2.45, 2.75) is 6.92 Å². The van der Waals surface area contributed by atoms with E-state index in [1.54, 1.807) is 6.07 Å². The van der Waals surface area contributed by atoms with Crippen LogP contribution >= 0.6 is 20.2 Å². The van der Waals surface area contributed by atoms with Gasteiger partial charge >= 0.3 is 18.9 Å². The SMILES string of the molecule is Cc1cccc(Cl)c1C(=O)Pc1ccccc1-c1ccccc1.[Li+]. The molecule has 0 aliphatic carbocycles. The second-order valence-corrected chi connectivity index (χ2v) is 6.95. The van der Waals surface area contributed by atoms with Crippen LogP contribution in [0.25, 0.3) is 11.1 Å². The van der Waals surface area contributed by atoms with Crippen LogP contribution in [0.5, 0.6) is 0 Å². The molecular weight excluding hydrogens is 330 g/mol. The van der Waals surface area contributed by atoms with E-state index in [1.165, 1.54) is 0 Å². The van der Waals surface area contributed by atoms with E-state index in [1.807, 2.05) is 55.5 Å². The number of halogens is 1. The summed E-state index contributed by atoms with van der Waals surface area (Å²) in [6, 6.07) is 23.8. The molecule has 0 radical (unpaired) electrons. The first-order valence-corrected chi connectivity index (χ1v) is 8.75. The van der Waals surface area contributed by atoms with Gasteiger partial charge in [-0.3, -0.25) is 4.79 Å². The number of carbonyl (C=O) groups is 1. The van der Waals surface area contributed by atoms with Crippen molar-refractivity contribution >= 4 is 31.0 Å². The number of hydrogen-bond acceptors (Lipinski definition) is 1. The van der Waals surface area contributed by atoms with Gasteiger partial charge in [0, 0.05) is 5.56 Å². The van der Waals surface area contributed by atoms with Gasteiger partial charge in [-0.05, 0) is 43.6 Å². The van der Waals surface area contributed by atoms with Crippen LogP contribution in [0.15, 0.2) is 72.8 Å². The van der Waals surface area contributed by atoms with Gasteiger partial charge in [0.05, 0.1) is 5.02 Å². The van der Waals surface area contributed by atoms with Gasteiger partial charge in [0.25, 0.3) is 0 Å². The van der Waals surface area contributed by atoms with Gasteiger partial charge in [0.15, 0.2) is 5.52 Å².